The second-order valence-corrected chi connectivity index (χ2v) is 7.16. The molecule has 1 aromatic heterocycles. The monoisotopic (exact) mass is 431 g/mol. The molecule has 0 amide bonds. The van der Waals surface area contributed by atoms with Gasteiger partial charge >= 0.3 is 6.18 Å². The number of nitrogens with one attached hydrogen (secondary N) is 1. The number of nitrogens with zero attached hydrogens (tertiary/aromatic N) is 4. The zero-order valence-electron chi connectivity index (χ0n) is 17.0. The standard InChI is InChI=1S/C21H20F3N5O2/c1-13(2)14-4-6-15(7-5-14)26-20-25-12-18(21(22,23)24)19(27-20)28(3)16-8-10-17(11-9-16)29(30)31/h4-13H,1-3H3,(H,25,26,27). The van der Waals surface area contributed by atoms with Crippen molar-refractivity contribution in [2.24, 2.45) is 0 Å². The molecule has 162 valence electrons. The minimum atomic E-state index is -4.68. The molecule has 0 aliphatic heterocycles. The largest absolute Gasteiger partial charge is 0.421 e. The highest BCUT2D eigenvalue weighted by Crippen LogP contribution is 2.38. The Morgan fingerprint density at radius 2 is 1.68 bits per heavy atom. The maximum absolute atomic E-state index is 13.6. The van der Waals surface area contributed by atoms with Crippen molar-refractivity contribution in [3.8, 4) is 0 Å². The van der Waals surface area contributed by atoms with Gasteiger partial charge < -0.3 is 10.2 Å². The van der Waals surface area contributed by atoms with Gasteiger partial charge in [0, 0.05) is 36.8 Å². The third-order valence-electron chi connectivity index (χ3n) is 4.67. The van der Waals surface area contributed by atoms with Crippen LogP contribution in [-0.4, -0.2) is 21.9 Å². The van der Waals surface area contributed by atoms with Crippen LogP contribution in [-0.2, 0) is 6.18 Å². The van der Waals surface area contributed by atoms with Crippen molar-refractivity contribution in [3.05, 3.63) is 76.0 Å². The fourth-order valence-corrected chi connectivity index (χ4v) is 2.89. The molecule has 0 fully saturated rings. The third kappa shape index (κ3) is 5.08. The van der Waals surface area contributed by atoms with E-state index in [1.165, 1.54) is 36.2 Å². The lowest BCUT2D eigenvalue weighted by molar-refractivity contribution is -0.384. The second kappa shape index (κ2) is 8.58. The Kier molecular flexibility index (Phi) is 6.09. The third-order valence-corrected chi connectivity index (χ3v) is 4.67. The van der Waals surface area contributed by atoms with Crippen LogP contribution in [0.2, 0.25) is 0 Å². The van der Waals surface area contributed by atoms with Gasteiger partial charge in [0.1, 0.15) is 5.56 Å². The molecular formula is C21H20F3N5O2. The molecule has 0 radical (unpaired) electrons. The molecule has 1 N–H and O–H groups in total. The van der Waals surface area contributed by atoms with E-state index in [2.05, 4.69) is 29.1 Å². The molecule has 7 nitrogen and oxygen atoms in total. The van der Waals surface area contributed by atoms with E-state index in [0.29, 0.717) is 17.3 Å². The van der Waals surface area contributed by atoms with Crippen molar-refractivity contribution in [2.75, 3.05) is 17.3 Å². The number of hydrogen-bond donors (Lipinski definition) is 1. The summed E-state index contributed by atoms with van der Waals surface area (Å²) >= 11 is 0. The van der Waals surface area contributed by atoms with Crippen molar-refractivity contribution >= 4 is 28.8 Å². The molecule has 2 aromatic carbocycles. The summed E-state index contributed by atoms with van der Waals surface area (Å²) in [5, 5.41) is 13.7. The lowest BCUT2D eigenvalue weighted by Gasteiger charge is -2.22. The summed E-state index contributed by atoms with van der Waals surface area (Å²) in [4.78, 5) is 19.3. The zero-order chi connectivity index (χ0) is 22.8. The van der Waals surface area contributed by atoms with Crippen LogP contribution >= 0.6 is 0 Å². The van der Waals surface area contributed by atoms with Crippen LogP contribution in [0.25, 0.3) is 0 Å². The smallest absolute Gasteiger partial charge is 0.329 e. The van der Waals surface area contributed by atoms with Gasteiger partial charge in [0.05, 0.1) is 4.92 Å². The normalized spacial score (nSPS) is 11.5. The van der Waals surface area contributed by atoms with Crippen LogP contribution in [0.1, 0.15) is 30.9 Å². The first kappa shape index (κ1) is 22.0. The number of nitro benzene ring substituents is 1. The van der Waals surface area contributed by atoms with E-state index < -0.39 is 16.7 Å². The topological polar surface area (TPSA) is 84.2 Å². The Bertz CT molecular complexity index is 1070. The van der Waals surface area contributed by atoms with Gasteiger partial charge in [-0.1, -0.05) is 26.0 Å². The quantitative estimate of drug-likeness (QED) is 0.378. The van der Waals surface area contributed by atoms with Crippen molar-refractivity contribution in [3.63, 3.8) is 0 Å². The summed E-state index contributed by atoms with van der Waals surface area (Å²) in [5.74, 6) is -0.0370. The average molecular weight is 431 g/mol. The van der Waals surface area contributed by atoms with Gasteiger partial charge in [-0.3, -0.25) is 10.1 Å². The minimum absolute atomic E-state index is 0.00550. The number of anilines is 4. The molecule has 0 bridgehead atoms. The number of aromatic nitrogens is 2. The first-order valence-corrected chi connectivity index (χ1v) is 9.35. The average Bonchev–Trinajstić information content (AvgIpc) is 2.73. The van der Waals surface area contributed by atoms with Crippen molar-refractivity contribution in [1.29, 1.82) is 0 Å². The Labute approximate surface area is 176 Å². The summed E-state index contributed by atoms with van der Waals surface area (Å²) in [6, 6.07) is 12.6. The molecule has 0 aliphatic carbocycles. The van der Waals surface area contributed by atoms with E-state index in [4.69, 9.17) is 0 Å². The zero-order valence-corrected chi connectivity index (χ0v) is 17.0. The van der Waals surface area contributed by atoms with E-state index >= 15 is 0 Å². The summed E-state index contributed by atoms with van der Waals surface area (Å²) in [5.41, 5.74) is 0.879. The van der Waals surface area contributed by atoms with Gasteiger partial charge in [0.25, 0.3) is 5.69 Å². The molecule has 0 unspecified atom stereocenters. The first-order chi connectivity index (χ1) is 14.6. The Morgan fingerprint density at radius 1 is 1.06 bits per heavy atom. The fraction of sp³-hybridized carbons (Fsp3) is 0.238. The highest BCUT2D eigenvalue weighted by Gasteiger charge is 2.36. The van der Waals surface area contributed by atoms with Gasteiger partial charge in [0.15, 0.2) is 5.82 Å². The molecule has 10 heteroatoms. The minimum Gasteiger partial charge on any atom is -0.329 e. The highest BCUT2D eigenvalue weighted by atomic mass is 19.4. The van der Waals surface area contributed by atoms with Crippen molar-refractivity contribution in [1.82, 2.24) is 9.97 Å². The number of rotatable bonds is 6. The van der Waals surface area contributed by atoms with Gasteiger partial charge in [-0.25, -0.2) is 4.98 Å². The molecule has 3 aromatic rings. The lowest BCUT2D eigenvalue weighted by atomic mass is 10.0. The molecule has 3 rings (SSSR count). The molecule has 31 heavy (non-hydrogen) atoms. The maximum atomic E-state index is 13.6. The Morgan fingerprint density at radius 3 is 2.19 bits per heavy atom. The van der Waals surface area contributed by atoms with Gasteiger partial charge in [-0.2, -0.15) is 18.2 Å². The number of hydrogen-bond acceptors (Lipinski definition) is 6. The summed E-state index contributed by atoms with van der Waals surface area (Å²) < 4.78 is 40.7. The number of alkyl halides is 3. The number of halogens is 3. The van der Waals surface area contributed by atoms with Crippen molar-refractivity contribution in [2.45, 2.75) is 25.9 Å². The van der Waals surface area contributed by atoms with Crippen LogP contribution in [0.5, 0.6) is 0 Å². The van der Waals surface area contributed by atoms with Crippen molar-refractivity contribution < 1.29 is 18.1 Å². The van der Waals surface area contributed by atoms with Crippen LogP contribution < -0.4 is 10.2 Å². The lowest BCUT2D eigenvalue weighted by Crippen LogP contribution is -2.19. The van der Waals surface area contributed by atoms with Crippen LogP contribution in [0.15, 0.2) is 54.7 Å². The molecule has 0 spiro atoms. The van der Waals surface area contributed by atoms with E-state index in [1.54, 1.807) is 12.1 Å². The van der Waals surface area contributed by atoms with Gasteiger partial charge in [-0.15, -0.1) is 0 Å². The molecule has 1 heterocycles. The highest BCUT2D eigenvalue weighted by molar-refractivity contribution is 5.66. The van der Waals surface area contributed by atoms with Crippen LogP contribution in [0.3, 0.4) is 0 Å². The fourth-order valence-electron chi connectivity index (χ4n) is 2.89. The first-order valence-electron chi connectivity index (χ1n) is 9.35. The molecule has 0 saturated heterocycles. The van der Waals surface area contributed by atoms with E-state index in [1.807, 2.05) is 12.1 Å². The van der Waals surface area contributed by atoms with E-state index in [9.17, 15) is 23.3 Å². The van der Waals surface area contributed by atoms with Gasteiger partial charge in [0.2, 0.25) is 5.95 Å². The number of nitro groups is 1. The second-order valence-electron chi connectivity index (χ2n) is 7.16. The van der Waals surface area contributed by atoms with Crippen LogP contribution in [0.4, 0.5) is 42.0 Å². The van der Waals surface area contributed by atoms with E-state index in [0.717, 1.165) is 11.8 Å². The Balaban J connectivity index is 1.95. The number of non-ortho nitro benzene ring substituents is 1. The maximum Gasteiger partial charge on any atom is 0.421 e. The summed E-state index contributed by atoms with van der Waals surface area (Å²) in [6.45, 7) is 4.11. The molecular weight excluding hydrogens is 411 g/mol. The summed E-state index contributed by atoms with van der Waals surface area (Å²) in [6.07, 6.45) is -3.96. The molecule has 0 atom stereocenters. The Hall–Kier alpha value is -3.69. The van der Waals surface area contributed by atoms with Gasteiger partial charge in [-0.05, 0) is 35.7 Å². The van der Waals surface area contributed by atoms with E-state index in [-0.39, 0.29) is 17.5 Å². The molecule has 0 aliphatic rings. The predicted octanol–water partition coefficient (Wildman–Crippen LogP) is 6.04. The SMILES string of the molecule is CC(C)c1ccc(Nc2ncc(C(F)(F)F)c(N(C)c3ccc([N+](=O)[O-])cc3)n2)cc1. The van der Waals surface area contributed by atoms with Crippen LogP contribution in [0, 0.1) is 10.1 Å². The predicted molar refractivity (Wildman–Crippen MR) is 112 cm³/mol. The number of benzene rings is 2. The summed E-state index contributed by atoms with van der Waals surface area (Å²) in [7, 11) is 1.40. The molecule has 0 saturated carbocycles.